The zero-order valence-corrected chi connectivity index (χ0v) is 12.4. The molecule has 0 radical (unpaired) electrons. The quantitative estimate of drug-likeness (QED) is 0.561. The van der Waals surface area contributed by atoms with Gasteiger partial charge in [-0.15, -0.1) is 0 Å². The molecule has 0 aliphatic carbocycles. The fourth-order valence-corrected chi connectivity index (χ4v) is 2.42. The third-order valence-electron chi connectivity index (χ3n) is 3.55. The van der Waals surface area contributed by atoms with E-state index in [2.05, 4.69) is 15.6 Å². The topological polar surface area (TPSA) is 101 Å². The van der Waals surface area contributed by atoms with Crippen LogP contribution in [0.5, 0.6) is 0 Å². The number of nitrogens with one attached hydrogen (secondary N) is 2. The number of nitriles is 1. The summed E-state index contributed by atoms with van der Waals surface area (Å²) in [6.07, 6.45) is -3.22. The van der Waals surface area contributed by atoms with E-state index in [9.17, 15) is 23.2 Å². The number of fused-ring (bicyclic) bond motifs is 1. The van der Waals surface area contributed by atoms with Crippen molar-refractivity contribution in [3.8, 4) is 6.07 Å². The lowest BCUT2D eigenvalue weighted by molar-refractivity contribution is -0.235. The van der Waals surface area contributed by atoms with Gasteiger partial charge in [0.2, 0.25) is 0 Å². The number of anilines is 2. The van der Waals surface area contributed by atoms with Crippen molar-refractivity contribution in [2.24, 2.45) is 4.99 Å². The molecule has 3 N–H and O–H groups in total. The summed E-state index contributed by atoms with van der Waals surface area (Å²) in [5.41, 5.74) is 0.507. The van der Waals surface area contributed by atoms with Crippen LogP contribution < -0.4 is 10.6 Å². The molecular formula is C15H10F3N5O2. The van der Waals surface area contributed by atoms with Crippen LogP contribution in [0.25, 0.3) is 0 Å². The van der Waals surface area contributed by atoms with Gasteiger partial charge >= 0.3 is 12.3 Å². The zero-order chi connectivity index (χ0) is 18.2. The molecule has 128 valence electrons. The monoisotopic (exact) mass is 349 g/mol. The first-order valence-electron chi connectivity index (χ1n) is 6.92. The molecule has 0 saturated heterocycles. The summed E-state index contributed by atoms with van der Waals surface area (Å²) < 4.78 is 39.4. The highest BCUT2D eigenvalue weighted by Gasteiger charge is 2.43. The van der Waals surface area contributed by atoms with Crippen LogP contribution in [0.4, 0.5) is 24.5 Å². The van der Waals surface area contributed by atoms with E-state index in [0.717, 1.165) is 12.3 Å². The Labute approximate surface area is 139 Å². The van der Waals surface area contributed by atoms with E-state index in [0.29, 0.717) is 11.4 Å². The van der Waals surface area contributed by atoms with Crippen LogP contribution in [0.2, 0.25) is 0 Å². The predicted molar refractivity (Wildman–Crippen MR) is 82.6 cm³/mol. The maximum absolute atomic E-state index is 13.1. The van der Waals surface area contributed by atoms with Crippen molar-refractivity contribution in [3.05, 3.63) is 47.4 Å². The van der Waals surface area contributed by atoms with Gasteiger partial charge < -0.3 is 15.7 Å². The number of alkyl halides is 3. The van der Waals surface area contributed by atoms with Gasteiger partial charge in [-0.25, -0.2) is 4.79 Å². The summed E-state index contributed by atoms with van der Waals surface area (Å²) in [7, 11) is 0. The molecule has 2 aliphatic rings. The minimum Gasteiger partial charge on any atom is -0.478 e. The third-order valence-corrected chi connectivity index (χ3v) is 3.55. The van der Waals surface area contributed by atoms with Gasteiger partial charge in [-0.2, -0.15) is 18.4 Å². The van der Waals surface area contributed by atoms with Crippen molar-refractivity contribution in [2.45, 2.75) is 12.5 Å². The van der Waals surface area contributed by atoms with Crippen LogP contribution in [0, 0.1) is 11.3 Å². The van der Waals surface area contributed by atoms with Crippen LogP contribution in [0.1, 0.15) is 10.4 Å². The molecule has 1 unspecified atom stereocenters. The van der Waals surface area contributed by atoms with E-state index in [1.807, 2.05) is 0 Å². The highest BCUT2D eigenvalue weighted by molar-refractivity contribution is 5.92. The molecule has 1 atom stereocenters. The largest absolute Gasteiger partial charge is 0.486 e. The van der Waals surface area contributed by atoms with Crippen molar-refractivity contribution in [1.82, 2.24) is 4.90 Å². The van der Waals surface area contributed by atoms with Crippen molar-refractivity contribution in [2.75, 3.05) is 10.6 Å². The molecule has 1 aromatic rings. The van der Waals surface area contributed by atoms with Gasteiger partial charge in [0.1, 0.15) is 17.5 Å². The van der Waals surface area contributed by atoms with Crippen LogP contribution in [0.3, 0.4) is 0 Å². The van der Waals surface area contributed by atoms with E-state index in [4.69, 9.17) is 5.11 Å². The molecule has 0 saturated carbocycles. The number of carboxylic acids is 1. The summed E-state index contributed by atoms with van der Waals surface area (Å²) in [6, 6.07) is 5.85. The summed E-state index contributed by atoms with van der Waals surface area (Å²) in [4.78, 5) is 14.8. The van der Waals surface area contributed by atoms with Crippen LogP contribution >= 0.6 is 0 Å². The number of benzene rings is 1. The molecule has 25 heavy (non-hydrogen) atoms. The first-order valence-corrected chi connectivity index (χ1v) is 6.92. The second kappa shape index (κ2) is 5.86. The first kappa shape index (κ1) is 16.4. The van der Waals surface area contributed by atoms with Crippen molar-refractivity contribution < 1.29 is 23.1 Å². The molecule has 2 heterocycles. The van der Waals surface area contributed by atoms with E-state index >= 15 is 0 Å². The molecule has 0 spiro atoms. The number of aliphatic imine (C=N–C) groups is 1. The summed E-state index contributed by atoms with van der Waals surface area (Å²) >= 11 is 0. The molecule has 10 heteroatoms. The van der Waals surface area contributed by atoms with Crippen molar-refractivity contribution in [1.29, 1.82) is 5.26 Å². The minimum atomic E-state index is -4.72. The lowest BCUT2D eigenvalue weighted by Gasteiger charge is -2.30. The van der Waals surface area contributed by atoms with E-state index in [1.54, 1.807) is 6.07 Å². The fourth-order valence-electron chi connectivity index (χ4n) is 2.42. The highest BCUT2D eigenvalue weighted by Crippen LogP contribution is 2.35. The number of hydrogen-bond donors (Lipinski definition) is 3. The third kappa shape index (κ3) is 2.99. The van der Waals surface area contributed by atoms with Gasteiger partial charge in [-0.05, 0) is 24.3 Å². The van der Waals surface area contributed by atoms with Gasteiger partial charge in [-0.1, -0.05) is 0 Å². The van der Waals surface area contributed by atoms with Gasteiger partial charge in [0, 0.05) is 12.4 Å². The Bertz CT molecular complexity index is 867. The van der Waals surface area contributed by atoms with Crippen molar-refractivity contribution >= 4 is 23.6 Å². The number of rotatable bonds is 2. The second-order valence-electron chi connectivity index (χ2n) is 5.10. The van der Waals surface area contributed by atoms with E-state index in [1.165, 1.54) is 24.4 Å². The van der Waals surface area contributed by atoms with Crippen LogP contribution in [-0.4, -0.2) is 34.7 Å². The summed E-state index contributed by atoms with van der Waals surface area (Å²) in [6.45, 7) is 0. The summed E-state index contributed by atoms with van der Waals surface area (Å²) in [5, 5.41) is 23.9. The van der Waals surface area contributed by atoms with Gasteiger partial charge in [-0.3, -0.25) is 9.89 Å². The average molecular weight is 349 g/mol. The van der Waals surface area contributed by atoms with Gasteiger partial charge in [0.25, 0.3) is 0 Å². The normalized spacial score (nSPS) is 20.4. The molecule has 0 fully saturated rings. The van der Waals surface area contributed by atoms with Crippen LogP contribution in [0.15, 0.2) is 46.9 Å². The Hall–Kier alpha value is -3.48. The number of aromatic carboxylic acids is 1. The number of allylic oxidation sites excluding steroid dienone is 1. The molecule has 7 nitrogen and oxygen atoms in total. The van der Waals surface area contributed by atoms with E-state index in [-0.39, 0.29) is 21.9 Å². The first-order chi connectivity index (χ1) is 11.8. The Morgan fingerprint density at radius 2 is 2.04 bits per heavy atom. The highest BCUT2D eigenvalue weighted by atomic mass is 19.4. The molecule has 3 rings (SSSR count). The lowest BCUT2D eigenvalue weighted by atomic mass is 10.2. The molecular weight excluding hydrogens is 339 g/mol. The maximum atomic E-state index is 13.1. The molecule has 0 aromatic heterocycles. The Balaban J connectivity index is 1.98. The fraction of sp³-hybridized carbons (Fsp3) is 0.133. The smallest absolute Gasteiger partial charge is 0.478 e. The molecule has 0 bridgehead atoms. The molecule has 2 aliphatic heterocycles. The number of carbonyl (C=O) groups is 1. The number of hydrogen-bond acceptors (Lipinski definition) is 6. The number of halogens is 3. The van der Waals surface area contributed by atoms with Crippen LogP contribution in [-0.2, 0) is 0 Å². The molecule has 0 amide bonds. The van der Waals surface area contributed by atoms with Gasteiger partial charge in [0.05, 0.1) is 16.9 Å². The number of nitrogens with zero attached hydrogens (tertiary/aromatic N) is 3. The lowest BCUT2D eigenvalue weighted by Crippen LogP contribution is -2.43. The SMILES string of the molecule is N#CC(=C1Nc2ccc(C(=O)O)cc2N1)C1N=CC=CN1C(F)(F)F. The Kier molecular flexibility index (Phi) is 3.84. The predicted octanol–water partition coefficient (Wildman–Crippen LogP) is 2.70. The van der Waals surface area contributed by atoms with Gasteiger partial charge in [0.15, 0.2) is 6.17 Å². The Morgan fingerprint density at radius 1 is 1.32 bits per heavy atom. The summed E-state index contributed by atoms with van der Waals surface area (Å²) in [5.74, 6) is -1.13. The average Bonchev–Trinajstić information content (AvgIpc) is 2.97. The number of carboxylic acid groups (broad SMARTS) is 1. The maximum Gasteiger partial charge on any atom is 0.486 e. The molecule has 1 aromatic carbocycles. The standard InChI is InChI=1S/C15H10F3N5O2/c16-15(17,18)23-5-1-4-20-13(23)9(7-19)12-21-10-3-2-8(14(24)25)6-11(10)22-12/h1-6,13,21-22H,(H,24,25). The Morgan fingerprint density at radius 3 is 2.68 bits per heavy atom. The van der Waals surface area contributed by atoms with Crippen molar-refractivity contribution in [3.63, 3.8) is 0 Å². The minimum absolute atomic E-state index is 0.00310. The zero-order valence-electron chi connectivity index (χ0n) is 12.4. The second-order valence-corrected chi connectivity index (χ2v) is 5.10. The van der Waals surface area contributed by atoms with E-state index < -0.39 is 18.4 Å².